The molecular formula is C6H9BCl2. The summed E-state index contributed by atoms with van der Waals surface area (Å²) in [6, 6.07) is 0. The molecule has 50 valence electrons. The fourth-order valence-electron chi connectivity index (χ4n) is 1.16. The van der Waals surface area contributed by atoms with Gasteiger partial charge in [0.05, 0.1) is 7.85 Å². The summed E-state index contributed by atoms with van der Waals surface area (Å²) in [7, 11) is 5.70. The highest BCUT2D eigenvalue weighted by atomic mass is 35.5. The van der Waals surface area contributed by atoms with E-state index in [1.165, 1.54) is 0 Å². The van der Waals surface area contributed by atoms with Crippen LogP contribution in [0, 0.1) is 5.92 Å². The zero-order valence-corrected chi connectivity index (χ0v) is 6.86. The summed E-state index contributed by atoms with van der Waals surface area (Å²) in [4.78, 5) is 0. The van der Waals surface area contributed by atoms with Crippen molar-refractivity contribution in [2.75, 3.05) is 0 Å². The molecule has 0 bridgehead atoms. The summed E-state index contributed by atoms with van der Waals surface area (Å²) < 4.78 is 0. The van der Waals surface area contributed by atoms with Crippen LogP contribution in [-0.4, -0.2) is 18.6 Å². The Balaban J connectivity index is 2.54. The smallest absolute Gasteiger partial charge is 0.0723 e. The lowest BCUT2D eigenvalue weighted by Gasteiger charge is -2.12. The van der Waals surface area contributed by atoms with E-state index in [1.807, 2.05) is 6.92 Å². The minimum Gasteiger partial charge on any atom is -0.123 e. The molecule has 0 N–H and O–H groups in total. The molecule has 0 aromatic rings. The highest BCUT2D eigenvalue weighted by molar-refractivity contribution is 6.29. The molecule has 1 aliphatic rings. The van der Waals surface area contributed by atoms with Gasteiger partial charge in [0, 0.05) is 10.8 Å². The molecule has 0 amide bonds. The van der Waals surface area contributed by atoms with Gasteiger partial charge in [0.15, 0.2) is 0 Å². The molecule has 1 fully saturated rings. The summed E-state index contributed by atoms with van der Waals surface area (Å²) in [5.74, 6) is 0.461. The van der Waals surface area contributed by atoms with Crippen LogP contribution in [0.1, 0.15) is 13.3 Å². The Hall–Kier alpha value is 0.645. The van der Waals surface area contributed by atoms with Gasteiger partial charge in [-0.15, -0.1) is 23.2 Å². The molecule has 0 aromatic heterocycles. The zero-order chi connectivity index (χ0) is 7.02. The largest absolute Gasteiger partial charge is 0.123 e. The second kappa shape index (κ2) is 2.71. The van der Waals surface area contributed by atoms with Crippen molar-refractivity contribution in [1.29, 1.82) is 0 Å². The number of hydrogen-bond donors (Lipinski definition) is 0. The molecule has 3 heteroatoms. The Morgan fingerprint density at radius 1 is 1.33 bits per heavy atom. The van der Waals surface area contributed by atoms with E-state index in [1.54, 1.807) is 0 Å². The van der Waals surface area contributed by atoms with E-state index in [0.29, 0.717) is 5.92 Å². The van der Waals surface area contributed by atoms with Crippen LogP contribution in [0.5, 0.6) is 0 Å². The molecule has 1 saturated carbocycles. The number of hydrogen-bond acceptors (Lipinski definition) is 0. The monoisotopic (exact) mass is 162 g/mol. The van der Waals surface area contributed by atoms with Crippen molar-refractivity contribution < 1.29 is 0 Å². The number of alkyl halides is 2. The Labute approximate surface area is 67.3 Å². The molecule has 0 heterocycles. The maximum absolute atomic E-state index is 5.89. The molecule has 1 rings (SSSR count). The van der Waals surface area contributed by atoms with Crippen LogP contribution in [0.15, 0.2) is 0 Å². The fraction of sp³-hybridized carbons (Fsp3) is 1.00. The highest BCUT2D eigenvalue weighted by Gasteiger charge is 2.34. The van der Waals surface area contributed by atoms with Crippen molar-refractivity contribution in [2.45, 2.75) is 29.9 Å². The van der Waals surface area contributed by atoms with E-state index >= 15 is 0 Å². The van der Waals surface area contributed by atoms with Gasteiger partial charge in [-0.25, -0.2) is 0 Å². The summed E-state index contributed by atoms with van der Waals surface area (Å²) in [6.45, 7) is 2.05. The molecule has 0 aliphatic heterocycles. The average molecular weight is 163 g/mol. The van der Waals surface area contributed by atoms with Crippen LogP contribution in [0.2, 0.25) is 5.82 Å². The molecule has 0 spiro atoms. The van der Waals surface area contributed by atoms with Gasteiger partial charge in [-0.2, -0.15) is 0 Å². The molecule has 2 radical (unpaired) electrons. The van der Waals surface area contributed by atoms with Crippen LogP contribution in [0.25, 0.3) is 0 Å². The lowest BCUT2D eigenvalue weighted by atomic mass is 9.79. The number of rotatable bonds is 0. The quantitative estimate of drug-likeness (QED) is 0.379. The van der Waals surface area contributed by atoms with E-state index in [-0.39, 0.29) is 16.6 Å². The molecular weight excluding hydrogens is 154 g/mol. The van der Waals surface area contributed by atoms with Gasteiger partial charge in [0.1, 0.15) is 0 Å². The van der Waals surface area contributed by atoms with Crippen molar-refractivity contribution in [3.63, 3.8) is 0 Å². The molecule has 0 aromatic carbocycles. The van der Waals surface area contributed by atoms with Gasteiger partial charge in [-0.3, -0.25) is 0 Å². The maximum atomic E-state index is 5.89. The predicted octanol–water partition coefficient (Wildman–Crippen LogP) is 2.20. The van der Waals surface area contributed by atoms with Crippen LogP contribution in [0.3, 0.4) is 0 Å². The minimum atomic E-state index is 0.0856. The summed E-state index contributed by atoms with van der Waals surface area (Å²) in [5, 5.41) is 0.269. The van der Waals surface area contributed by atoms with Crippen molar-refractivity contribution in [3.8, 4) is 0 Å². The van der Waals surface area contributed by atoms with Crippen LogP contribution >= 0.6 is 23.2 Å². The first-order chi connectivity index (χ1) is 4.13. The van der Waals surface area contributed by atoms with Gasteiger partial charge >= 0.3 is 0 Å². The Morgan fingerprint density at radius 2 is 1.89 bits per heavy atom. The first kappa shape index (κ1) is 7.75. The fourth-order valence-corrected chi connectivity index (χ4v) is 2.03. The minimum absolute atomic E-state index is 0.0856. The molecule has 9 heavy (non-hydrogen) atoms. The van der Waals surface area contributed by atoms with Gasteiger partial charge in [-0.05, 0) is 12.3 Å². The Bertz CT molecular complexity index is 95.2. The molecule has 1 aliphatic carbocycles. The van der Waals surface area contributed by atoms with Gasteiger partial charge in [-0.1, -0.05) is 12.7 Å². The summed E-state index contributed by atoms with van der Waals surface area (Å²) in [6.07, 6.45) is 0.853. The van der Waals surface area contributed by atoms with Crippen molar-refractivity contribution >= 4 is 31.0 Å². The van der Waals surface area contributed by atoms with E-state index in [9.17, 15) is 0 Å². The predicted molar refractivity (Wildman–Crippen MR) is 42.6 cm³/mol. The highest BCUT2D eigenvalue weighted by Crippen LogP contribution is 2.40. The Kier molecular flexibility index (Phi) is 2.34. The van der Waals surface area contributed by atoms with Gasteiger partial charge in [0.2, 0.25) is 0 Å². The second-order valence-corrected chi connectivity index (χ2v) is 3.83. The summed E-state index contributed by atoms with van der Waals surface area (Å²) >= 11 is 11.7. The molecule has 4 unspecified atom stereocenters. The van der Waals surface area contributed by atoms with Crippen molar-refractivity contribution in [3.05, 3.63) is 0 Å². The molecule has 0 saturated heterocycles. The normalized spacial score (nSPS) is 51.9. The molecule has 4 atom stereocenters. The van der Waals surface area contributed by atoms with Crippen LogP contribution in [-0.2, 0) is 0 Å². The topological polar surface area (TPSA) is 0 Å². The number of halogens is 2. The van der Waals surface area contributed by atoms with E-state index in [4.69, 9.17) is 31.0 Å². The first-order valence-corrected chi connectivity index (χ1v) is 4.04. The average Bonchev–Trinajstić information content (AvgIpc) is 1.98. The standard InChI is InChI=1S/C6H9BCl2/c1-3-4(8)2-5(9)6(3)7/h3-6H,2H2,1H3. The third-order valence-corrected chi connectivity index (χ3v) is 3.09. The third-order valence-electron chi connectivity index (χ3n) is 2.05. The van der Waals surface area contributed by atoms with E-state index < -0.39 is 0 Å². The lowest BCUT2D eigenvalue weighted by molar-refractivity contribution is 0.619. The van der Waals surface area contributed by atoms with Crippen molar-refractivity contribution in [2.24, 2.45) is 5.92 Å². The molecule has 0 nitrogen and oxygen atoms in total. The lowest BCUT2D eigenvalue weighted by Crippen LogP contribution is -2.08. The second-order valence-electron chi connectivity index (χ2n) is 2.70. The van der Waals surface area contributed by atoms with Gasteiger partial charge < -0.3 is 0 Å². The van der Waals surface area contributed by atoms with Crippen LogP contribution < -0.4 is 0 Å². The maximum Gasteiger partial charge on any atom is 0.0723 e. The Morgan fingerprint density at radius 3 is 2.00 bits per heavy atom. The third kappa shape index (κ3) is 1.38. The first-order valence-electron chi connectivity index (χ1n) is 3.16. The van der Waals surface area contributed by atoms with E-state index in [0.717, 1.165) is 6.42 Å². The summed E-state index contributed by atoms with van der Waals surface area (Å²) in [5.41, 5.74) is 0. The van der Waals surface area contributed by atoms with Crippen LogP contribution in [0.4, 0.5) is 0 Å². The SMILES string of the molecule is [B]C1C(Cl)CC(Cl)C1C. The van der Waals surface area contributed by atoms with Gasteiger partial charge in [0.25, 0.3) is 0 Å². The van der Waals surface area contributed by atoms with Crippen molar-refractivity contribution in [1.82, 2.24) is 0 Å². The zero-order valence-electron chi connectivity index (χ0n) is 5.35. The van der Waals surface area contributed by atoms with E-state index in [2.05, 4.69) is 0 Å².